The molecule has 0 bridgehead atoms. The summed E-state index contributed by atoms with van der Waals surface area (Å²) in [4.78, 5) is 39.0. The molecule has 0 saturated carbocycles. The van der Waals surface area contributed by atoms with Crippen molar-refractivity contribution in [3.05, 3.63) is 46.6 Å². The first-order valence-electron chi connectivity index (χ1n) is 13.9. The summed E-state index contributed by atoms with van der Waals surface area (Å²) in [5, 5.41) is 71.4. The number of rotatable bonds is 7. The van der Waals surface area contributed by atoms with Crippen LogP contribution in [0.4, 0.5) is 0 Å². The van der Waals surface area contributed by atoms with Crippen LogP contribution >= 0.6 is 0 Å². The summed E-state index contributed by atoms with van der Waals surface area (Å²) in [6, 6.07) is 7.49. The van der Waals surface area contributed by atoms with Crippen molar-refractivity contribution in [2.24, 2.45) is 11.8 Å². The molecule has 7 N–H and O–H groups in total. The quantitative estimate of drug-likeness (QED) is 0.180. The Morgan fingerprint density at radius 1 is 0.778 bits per heavy atom. The molecule has 3 aromatic rings. The lowest BCUT2D eigenvalue weighted by Gasteiger charge is -2.40. The molecule has 2 fully saturated rings. The minimum absolute atomic E-state index is 0.126. The van der Waals surface area contributed by atoms with Gasteiger partial charge < -0.3 is 59.1 Å². The summed E-state index contributed by atoms with van der Waals surface area (Å²) in [6.45, 7) is 3.68. The van der Waals surface area contributed by atoms with Gasteiger partial charge in [0.2, 0.25) is 23.8 Å². The number of hydrogen-bond donors (Lipinski definition) is 7. The number of fused-ring (bicyclic) bond motifs is 1. The topological polar surface area (TPSA) is 243 Å². The maximum absolute atomic E-state index is 13.9. The molecule has 0 unspecified atom stereocenters. The van der Waals surface area contributed by atoms with Gasteiger partial charge in [-0.2, -0.15) is 0 Å². The van der Waals surface area contributed by atoms with Crippen LogP contribution in [0.1, 0.15) is 20.8 Å². The molecule has 45 heavy (non-hydrogen) atoms. The summed E-state index contributed by atoms with van der Waals surface area (Å²) in [5.74, 6) is -6.03. The predicted molar refractivity (Wildman–Crippen MR) is 150 cm³/mol. The third-order valence-corrected chi connectivity index (χ3v) is 7.88. The molecular formula is C30H32O15. The van der Waals surface area contributed by atoms with Gasteiger partial charge in [-0.25, -0.2) is 0 Å². The van der Waals surface area contributed by atoms with Crippen molar-refractivity contribution in [1.82, 2.24) is 0 Å². The highest BCUT2D eigenvalue weighted by Crippen LogP contribution is 2.40. The van der Waals surface area contributed by atoms with Crippen molar-refractivity contribution in [2.75, 3.05) is 0 Å². The highest BCUT2D eigenvalue weighted by atomic mass is 16.7. The number of aliphatic hydroxyl groups excluding tert-OH is 5. The Morgan fingerprint density at radius 2 is 1.42 bits per heavy atom. The van der Waals surface area contributed by atoms with Crippen LogP contribution in [0.3, 0.4) is 0 Å². The Hall–Kier alpha value is -4.09. The molecule has 3 heterocycles. The number of ketones is 2. The Bertz CT molecular complexity index is 1650. The number of Topliss-reactive ketones (excluding diaryl/α,β-unsaturated/α-hetero) is 2. The molecule has 2 saturated heterocycles. The number of phenols is 2. The Kier molecular flexibility index (Phi) is 8.88. The number of hydrogen-bond acceptors (Lipinski definition) is 15. The first kappa shape index (κ1) is 32.3. The lowest BCUT2D eigenvalue weighted by Crippen LogP contribution is -2.58. The van der Waals surface area contributed by atoms with Crippen molar-refractivity contribution >= 4 is 22.5 Å². The van der Waals surface area contributed by atoms with Gasteiger partial charge in [0, 0.05) is 17.7 Å². The Labute approximate surface area is 254 Å². The van der Waals surface area contributed by atoms with Crippen molar-refractivity contribution in [1.29, 1.82) is 0 Å². The fraction of sp³-hybridized carbons (Fsp3) is 0.433. The summed E-state index contributed by atoms with van der Waals surface area (Å²) in [6.07, 6.45) is -12.6. The van der Waals surface area contributed by atoms with Gasteiger partial charge in [-0.1, -0.05) is 0 Å². The molecule has 0 amide bonds. The van der Waals surface area contributed by atoms with Crippen LogP contribution in [0.5, 0.6) is 23.0 Å². The van der Waals surface area contributed by atoms with E-state index in [4.69, 9.17) is 23.4 Å². The van der Waals surface area contributed by atoms with E-state index in [1.807, 2.05) is 0 Å². The van der Waals surface area contributed by atoms with Gasteiger partial charge in [-0.3, -0.25) is 14.4 Å². The third-order valence-electron chi connectivity index (χ3n) is 7.88. The first-order chi connectivity index (χ1) is 21.2. The Balaban J connectivity index is 1.62. The number of ether oxygens (including phenoxy) is 4. The number of aromatic hydroxyl groups is 2. The van der Waals surface area contributed by atoms with Gasteiger partial charge in [-0.05, 0) is 45.0 Å². The highest BCUT2D eigenvalue weighted by molar-refractivity contribution is 5.89. The molecule has 0 radical (unpaired) electrons. The molecule has 15 nitrogen and oxygen atoms in total. The monoisotopic (exact) mass is 632 g/mol. The van der Waals surface area contributed by atoms with Crippen LogP contribution in [-0.2, 0) is 19.1 Å². The molecule has 15 heteroatoms. The van der Waals surface area contributed by atoms with Gasteiger partial charge >= 0.3 is 0 Å². The standard InChI is InChI=1S/C30H32O15/c1-10(31)18-19(11(2)32)29(45-28(40)23(18)37)44-27-22(36)20-16(34)8-15(42-30-25(39)24(38)21(35)12(3)41-30)9-17(20)43-26(27)13-4-6-14(33)7-5-13/h4-9,12,18-19,21,23-25,28-30,33-35,37-40H,1-3H3/t12-,18-,19-,21+,23+,24-,25+,28+,29+,30-/m0/s1. The fourth-order valence-electron chi connectivity index (χ4n) is 5.50. The van der Waals surface area contributed by atoms with Crippen LogP contribution in [0.25, 0.3) is 22.3 Å². The number of benzene rings is 2. The van der Waals surface area contributed by atoms with Crippen molar-refractivity contribution in [3.63, 3.8) is 0 Å². The van der Waals surface area contributed by atoms with Crippen LogP contribution in [0.15, 0.2) is 45.6 Å². The summed E-state index contributed by atoms with van der Waals surface area (Å²) in [7, 11) is 0. The van der Waals surface area contributed by atoms with Gasteiger partial charge in [0.15, 0.2) is 12.1 Å². The van der Waals surface area contributed by atoms with E-state index >= 15 is 0 Å². The van der Waals surface area contributed by atoms with Crippen molar-refractivity contribution in [3.8, 4) is 34.3 Å². The summed E-state index contributed by atoms with van der Waals surface area (Å²) in [5.41, 5.74) is -1.06. The van der Waals surface area contributed by atoms with Crippen LogP contribution in [0, 0.1) is 11.8 Å². The second kappa shape index (κ2) is 12.4. The minimum atomic E-state index is -1.96. The van der Waals surface area contributed by atoms with Crippen LogP contribution in [0.2, 0.25) is 0 Å². The summed E-state index contributed by atoms with van der Waals surface area (Å²) >= 11 is 0. The average molecular weight is 633 g/mol. The molecule has 5 rings (SSSR count). The van der Waals surface area contributed by atoms with Gasteiger partial charge in [0.05, 0.1) is 17.9 Å². The van der Waals surface area contributed by atoms with Crippen molar-refractivity contribution < 1.29 is 68.7 Å². The van der Waals surface area contributed by atoms with E-state index < -0.39 is 95.1 Å². The van der Waals surface area contributed by atoms with E-state index in [1.54, 1.807) is 0 Å². The molecule has 0 spiro atoms. The molecule has 2 aliphatic heterocycles. The van der Waals surface area contributed by atoms with E-state index in [0.29, 0.717) is 0 Å². The fourth-order valence-corrected chi connectivity index (χ4v) is 5.50. The number of carbonyl (C=O) groups is 2. The Morgan fingerprint density at radius 3 is 2.04 bits per heavy atom. The van der Waals surface area contributed by atoms with Gasteiger partial charge in [-0.15, -0.1) is 0 Å². The second-order valence-electron chi connectivity index (χ2n) is 11.0. The maximum atomic E-state index is 13.9. The van der Waals surface area contributed by atoms with Gasteiger partial charge in [0.1, 0.15) is 64.2 Å². The highest BCUT2D eigenvalue weighted by Gasteiger charge is 2.51. The van der Waals surface area contributed by atoms with E-state index in [-0.39, 0.29) is 28.4 Å². The van der Waals surface area contributed by atoms with E-state index in [9.17, 15) is 50.1 Å². The van der Waals surface area contributed by atoms with E-state index in [2.05, 4.69) is 0 Å². The van der Waals surface area contributed by atoms with Crippen LogP contribution in [-0.4, -0.2) is 96.7 Å². The molecule has 2 aliphatic rings. The molecule has 2 aromatic carbocycles. The molecule has 1 aromatic heterocycles. The zero-order chi connectivity index (χ0) is 32.9. The van der Waals surface area contributed by atoms with E-state index in [1.165, 1.54) is 37.3 Å². The lowest BCUT2D eigenvalue weighted by molar-refractivity contribution is -0.289. The zero-order valence-corrected chi connectivity index (χ0v) is 24.1. The average Bonchev–Trinajstić information content (AvgIpc) is 2.97. The molecule has 242 valence electrons. The third kappa shape index (κ3) is 5.98. The minimum Gasteiger partial charge on any atom is -0.508 e. The second-order valence-corrected chi connectivity index (χ2v) is 11.0. The number of carbonyl (C=O) groups excluding carboxylic acids is 2. The van der Waals surface area contributed by atoms with Crippen LogP contribution < -0.4 is 14.9 Å². The number of phenolic OH excluding ortho intramolecular Hbond substituents is 2. The van der Waals surface area contributed by atoms with Crippen molar-refractivity contribution in [2.45, 2.75) is 70.2 Å². The summed E-state index contributed by atoms with van der Waals surface area (Å²) < 4.78 is 28.2. The number of aliphatic hydroxyl groups is 5. The lowest BCUT2D eigenvalue weighted by atomic mass is 9.79. The first-order valence-corrected chi connectivity index (χ1v) is 13.9. The SMILES string of the molecule is CC(=O)[C@@H]1[C@H](Oc2c(-c3ccc(O)cc3)oc3cc(O[C@@H]4O[C@@H](C)[C@@H](O)[C@H](O)[C@H]4O)cc(O)c3c2=O)O[C@@H](O)[C@H](O)[C@H]1C(C)=O. The van der Waals surface area contributed by atoms with E-state index in [0.717, 1.165) is 19.9 Å². The maximum Gasteiger partial charge on any atom is 0.239 e. The predicted octanol–water partition coefficient (Wildman–Crippen LogP) is -0.0977. The zero-order valence-electron chi connectivity index (χ0n) is 24.1. The molecular weight excluding hydrogens is 600 g/mol. The normalized spacial score (nSPS) is 31.8. The van der Waals surface area contributed by atoms with Gasteiger partial charge in [0.25, 0.3) is 0 Å². The molecule has 10 atom stereocenters. The molecule has 0 aliphatic carbocycles. The largest absolute Gasteiger partial charge is 0.508 e. The smallest absolute Gasteiger partial charge is 0.239 e.